The van der Waals surface area contributed by atoms with Gasteiger partial charge in [0.05, 0.1) is 17.7 Å². The summed E-state index contributed by atoms with van der Waals surface area (Å²) in [5, 5.41) is 18.0. The van der Waals surface area contributed by atoms with E-state index in [1.807, 2.05) is 54.6 Å². The number of carbonyl (C=O) groups excluding carboxylic acids is 5. The molecule has 2 aliphatic rings. The number of phenolic OH excluding ortho intramolecular Hbond substituents is 1. The molecule has 1 atom stereocenters. The molecule has 12 heteroatoms. The van der Waals surface area contributed by atoms with Gasteiger partial charge in [-0.1, -0.05) is 60.7 Å². The van der Waals surface area contributed by atoms with Crippen LogP contribution in [0.15, 0.2) is 97.1 Å². The first-order valence-corrected chi connectivity index (χ1v) is 17.5. The monoisotopic (exact) mass is 720 g/mol. The first-order valence-electron chi connectivity index (χ1n) is 17.0. The van der Waals surface area contributed by atoms with Gasteiger partial charge in [-0.15, -0.1) is 11.6 Å². The number of rotatable bonds is 14. The molecule has 1 fully saturated rings. The third-order valence-corrected chi connectivity index (χ3v) is 9.09. The Bertz CT molecular complexity index is 2010. The average Bonchev–Trinajstić information content (AvgIpc) is 3.40. The number of phenols is 1. The molecule has 5 amide bonds. The number of carbonyl (C=O) groups is 5. The van der Waals surface area contributed by atoms with Crippen LogP contribution < -0.4 is 20.7 Å². The topological polar surface area (TPSA) is 154 Å². The molecule has 0 bridgehead atoms. The van der Waals surface area contributed by atoms with Crippen LogP contribution in [0.5, 0.6) is 11.5 Å². The number of ether oxygens (including phenoxy) is 1. The van der Waals surface area contributed by atoms with Crippen LogP contribution in [0.2, 0.25) is 0 Å². The number of hydrogen-bond donors (Lipinski definition) is 4. The minimum atomic E-state index is -1.06. The molecule has 0 saturated carbocycles. The van der Waals surface area contributed by atoms with E-state index in [0.29, 0.717) is 23.7 Å². The number of benzene rings is 4. The van der Waals surface area contributed by atoms with Gasteiger partial charge in [-0.25, -0.2) is 0 Å². The molecule has 6 rings (SSSR count). The van der Waals surface area contributed by atoms with E-state index in [2.05, 4.69) is 28.1 Å². The van der Waals surface area contributed by atoms with Crippen molar-refractivity contribution in [2.75, 3.05) is 30.9 Å². The fourth-order valence-electron chi connectivity index (χ4n) is 6.43. The summed E-state index contributed by atoms with van der Waals surface area (Å²) in [5.74, 6) is -1.31. The number of fused-ring (bicyclic) bond motifs is 1. The lowest BCUT2D eigenvalue weighted by atomic mass is 9.88. The van der Waals surface area contributed by atoms with Crippen LogP contribution in [0, 0.1) is 0 Å². The third kappa shape index (κ3) is 8.00. The van der Waals surface area contributed by atoms with E-state index in [4.69, 9.17) is 16.3 Å². The molecule has 4 aromatic carbocycles. The van der Waals surface area contributed by atoms with Gasteiger partial charge in [-0.3, -0.25) is 34.2 Å². The Morgan fingerprint density at radius 1 is 0.827 bits per heavy atom. The van der Waals surface area contributed by atoms with Crippen molar-refractivity contribution in [2.24, 2.45) is 0 Å². The van der Waals surface area contributed by atoms with Gasteiger partial charge in [-0.05, 0) is 77.1 Å². The molecule has 11 nitrogen and oxygen atoms in total. The fourth-order valence-corrected chi connectivity index (χ4v) is 6.62. The smallest absolute Gasteiger partial charge is 0.264 e. The first kappa shape index (κ1) is 35.9. The molecule has 1 saturated heterocycles. The summed E-state index contributed by atoms with van der Waals surface area (Å²) in [5.41, 5.74) is 5.73. The van der Waals surface area contributed by atoms with Gasteiger partial charge >= 0.3 is 0 Å². The summed E-state index contributed by atoms with van der Waals surface area (Å²) in [7, 11) is 0. The number of nitrogens with zero attached hydrogens (tertiary/aromatic N) is 1. The lowest BCUT2D eigenvalue weighted by Gasteiger charge is -2.27. The number of nitrogens with one attached hydrogen (secondary N) is 3. The average molecular weight is 721 g/mol. The number of alkyl halides is 1. The highest BCUT2D eigenvalue weighted by atomic mass is 35.5. The Labute approximate surface area is 305 Å². The molecule has 4 aromatic rings. The Kier molecular flexibility index (Phi) is 11.3. The quantitative estimate of drug-likeness (QED) is 0.0587. The molecular weight excluding hydrogens is 684 g/mol. The van der Waals surface area contributed by atoms with Crippen molar-refractivity contribution in [1.82, 2.24) is 15.5 Å². The Balaban J connectivity index is 1.02. The predicted octanol–water partition coefficient (Wildman–Crippen LogP) is 5.38. The summed E-state index contributed by atoms with van der Waals surface area (Å²) in [4.78, 5) is 63.8. The normalized spacial score (nSPS) is 15.9. The van der Waals surface area contributed by atoms with Crippen molar-refractivity contribution in [3.05, 3.63) is 125 Å². The number of piperidine rings is 1. The van der Waals surface area contributed by atoms with E-state index < -0.39 is 29.7 Å². The molecule has 0 aromatic heterocycles. The number of amides is 5. The van der Waals surface area contributed by atoms with Crippen molar-refractivity contribution >= 4 is 58.0 Å². The largest absolute Gasteiger partial charge is 0.508 e. The van der Waals surface area contributed by atoms with Crippen LogP contribution in [-0.4, -0.2) is 71.2 Å². The van der Waals surface area contributed by atoms with Gasteiger partial charge < -0.3 is 20.5 Å². The molecule has 52 heavy (non-hydrogen) atoms. The van der Waals surface area contributed by atoms with Gasteiger partial charge in [-0.2, -0.15) is 0 Å². The lowest BCUT2D eigenvalue weighted by molar-refractivity contribution is -0.136. The summed E-state index contributed by atoms with van der Waals surface area (Å²) in [6.45, 7) is 0.692. The van der Waals surface area contributed by atoms with Gasteiger partial charge in [0.2, 0.25) is 17.7 Å². The van der Waals surface area contributed by atoms with Crippen molar-refractivity contribution < 1.29 is 33.8 Å². The van der Waals surface area contributed by atoms with Crippen LogP contribution in [0.3, 0.4) is 0 Å². The zero-order valence-corrected chi connectivity index (χ0v) is 28.9. The van der Waals surface area contributed by atoms with E-state index in [1.54, 1.807) is 24.3 Å². The summed E-state index contributed by atoms with van der Waals surface area (Å²) < 4.78 is 5.90. The second kappa shape index (κ2) is 16.4. The van der Waals surface area contributed by atoms with E-state index in [-0.39, 0.29) is 61.7 Å². The third-order valence-electron chi connectivity index (χ3n) is 8.90. The van der Waals surface area contributed by atoms with Crippen LogP contribution in [-0.2, 0) is 14.4 Å². The summed E-state index contributed by atoms with van der Waals surface area (Å²) in [6, 6.07) is 28.6. The van der Waals surface area contributed by atoms with Gasteiger partial charge in [0.25, 0.3) is 11.8 Å². The molecule has 1 unspecified atom stereocenters. The van der Waals surface area contributed by atoms with Crippen LogP contribution in [0.25, 0.3) is 11.1 Å². The van der Waals surface area contributed by atoms with Crippen molar-refractivity contribution in [1.29, 1.82) is 0 Å². The minimum Gasteiger partial charge on any atom is -0.508 e. The van der Waals surface area contributed by atoms with Gasteiger partial charge in [0.15, 0.2) is 0 Å². The molecule has 2 heterocycles. The van der Waals surface area contributed by atoms with Crippen LogP contribution >= 0.6 is 11.6 Å². The fraction of sp³-hybridized carbons (Fsp3) is 0.225. The first-order chi connectivity index (χ1) is 25.2. The molecule has 2 aliphatic heterocycles. The maximum Gasteiger partial charge on any atom is 0.264 e. The minimum absolute atomic E-state index is 0.0350. The summed E-state index contributed by atoms with van der Waals surface area (Å²) in [6.07, 6.45) is 0.838. The summed E-state index contributed by atoms with van der Waals surface area (Å²) >= 11 is 6.26. The second-order valence-electron chi connectivity index (χ2n) is 12.3. The molecule has 0 radical (unpaired) electrons. The number of anilines is 1. The van der Waals surface area contributed by atoms with Crippen molar-refractivity contribution in [3.8, 4) is 11.5 Å². The van der Waals surface area contributed by atoms with Gasteiger partial charge in [0, 0.05) is 31.0 Å². The number of hydrogen-bond acceptors (Lipinski definition) is 8. The molecule has 4 N–H and O–H groups in total. The maximum absolute atomic E-state index is 13.3. The Morgan fingerprint density at radius 2 is 1.54 bits per heavy atom. The second-order valence-corrected chi connectivity index (χ2v) is 12.7. The van der Waals surface area contributed by atoms with E-state index in [0.717, 1.165) is 32.7 Å². The van der Waals surface area contributed by atoms with E-state index in [9.17, 15) is 29.1 Å². The van der Waals surface area contributed by atoms with Gasteiger partial charge in [0.1, 0.15) is 24.1 Å². The zero-order valence-electron chi connectivity index (χ0n) is 28.2. The van der Waals surface area contributed by atoms with Crippen LogP contribution in [0.4, 0.5) is 5.69 Å². The number of halogens is 1. The van der Waals surface area contributed by atoms with Crippen LogP contribution in [0.1, 0.15) is 63.1 Å². The molecular formula is C40H37ClN4O7. The standard InChI is InChI=1S/C40H37ClN4O7/c41-21-19-30(25-5-2-1-3-6-25)36(26-9-13-28(46)14-10-26)27-11-15-29(16-12-27)52-24-23-43-34(47)20-22-42-32-8-4-7-31-37(32)40(51)45(39(31)50)33-17-18-35(48)44-38(33)49/h1-16,33,42,46H,17-24H2,(H,43,47)(H,44,48,49). The number of aromatic hydroxyl groups is 1. The van der Waals surface area contributed by atoms with Crippen molar-refractivity contribution in [2.45, 2.75) is 31.7 Å². The maximum atomic E-state index is 13.3. The Morgan fingerprint density at radius 3 is 2.23 bits per heavy atom. The SMILES string of the molecule is O=C(CCNc1cccc2c1C(=O)N(C1CCC(=O)NC1=O)C2=O)NCCOc1ccc(C(=C(CCCl)c2ccccc2)c2ccc(O)cc2)cc1. The number of allylic oxidation sites excluding steroid dienone is 1. The predicted molar refractivity (Wildman–Crippen MR) is 197 cm³/mol. The number of imide groups is 2. The van der Waals surface area contributed by atoms with E-state index in [1.165, 1.54) is 6.07 Å². The highest BCUT2D eigenvalue weighted by molar-refractivity contribution is 6.25. The molecule has 0 aliphatic carbocycles. The lowest BCUT2D eigenvalue weighted by Crippen LogP contribution is -2.54. The Hall–Kier alpha value is -5.94. The molecule has 0 spiro atoms. The van der Waals surface area contributed by atoms with Crippen molar-refractivity contribution in [3.63, 3.8) is 0 Å². The highest BCUT2D eigenvalue weighted by Gasteiger charge is 2.45. The molecule has 266 valence electrons. The van der Waals surface area contributed by atoms with E-state index >= 15 is 0 Å². The zero-order chi connectivity index (χ0) is 36.6. The highest BCUT2D eigenvalue weighted by Crippen LogP contribution is 2.36.